The summed E-state index contributed by atoms with van der Waals surface area (Å²) in [6.45, 7) is 1.44. The number of fused-ring (bicyclic) bond motifs is 1. The van der Waals surface area contributed by atoms with E-state index in [-0.39, 0.29) is 17.3 Å². The first-order valence-electron chi connectivity index (χ1n) is 7.80. The van der Waals surface area contributed by atoms with Crippen molar-refractivity contribution in [3.63, 3.8) is 0 Å². The van der Waals surface area contributed by atoms with Crippen molar-refractivity contribution in [1.82, 2.24) is 20.3 Å². The van der Waals surface area contributed by atoms with E-state index >= 15 is 0 Å². The van der Waals surface area contributed by atoms with Crippen LogP contribution in [0.25, 0.3) is 11.0 Å². The van der Waals surface area contributed by atoms with E-state index in [2.05, 4.69) is 25.2 Å². The van der Waals surface area contributed by atoms with Gasteiger partial charge in [-0.2, -0.15) is 0 Å². The summed E-state index contributed by atoms with van der Waals surface area (Å²) in [4.78, 5) is 20.8. The lowest BCUT2D eigenvalue weighted by molar-refractivity contribution is -0.383. The number of nitro groups is 1. The number of aromatic nitrogens is 4. The normalized spacial score (nSPS) is 15.4. The molecule has 1 aliphatic heterocycles. The summed E-state index contributed by atoms with van der Waals surface area (Å²) in [6, 6.07) is 5.23. The van der Waals surface area contributed by atoms with E-state index in [9.17, 15) is 10.1 Å². The Labute approximate surface area is 141 Å². The average Bonchev–Trinajstić information content (AvgIpc) is 3.12. The molecule has 1 fully saturated rings. The molecule has 0 spiro atoms. The van der Waals surface area contributed by atoms with E-state index in [0.717, 1.165) is 31.6 Å². The number of ether oxygens (including phenoxy) is 1. The van der Waals surface area contributed by atoms with Crippen LogP contribution in [0.5, 0.6) is 6.01 Å². The molecular weight excluding hydrogens is 328 g/mol. The lowest BCUT2D eigenvalue weighted by atomic mass is 10.1. The van der Waals surface area contributed by atoms with Crippen molar-refractivity contribution >= 4 is 22.4 Å². The van der Waals surface area contributed by atoms with Gasteiger partial charge in [-0.1, -0.05) is 0 Å². The third-order valence-electron chi connectivity index (χ3n) is 4.17. The summed E-state index contributed by atoms with van der Waals surface area (Å²) < 4.78 is 10.5. The van der Waals surface area contributed by atoms with Crippen LogP contribution in [0.1, 0.15) is 12.8 Å². The number of hydrogen-bond acceptors (Lipinski definition) is 9. The Bertz CT molecular complexity index is 891. The number of hydrogen-bond donors (Lipinski definition) is 0. The van der Waals surface area contributed by atoms with Gasteiger partial charge in [0, 0.05) is 44.4 Å². The van der Waals surface area contributed by atoms with E-state index < -0.39 is 4.92 Å². The molecule has 10 heteroatoms. The molecule has 3 aromatic rings. The fourth-order valence-corrected chi connectivity index (χ4v) is 2.95. The molecule has 1 aromatic carbocycles. The number of piperidine rings is 1. The van der Waals surface area contributed by atoms with Crippen LogP contribution in [-0.2, 0) is 0 Å². The van der Waals surface area contributed by atoms with Crippen LogP contribution >= 0.6 is 0 Å². The van der Waals surface area contributed by atoms with Crippen molar-refractivity contribution in [2.45, 2.75) is 18.9 Å². The molecule has 4 rings (SSSR count). The van der Waals surface area contributed by atoms with Gasteiger partial charge >= 0.3 is 11.7 Å². The Morgan fingerprint density at radius 2 is 1.88 bits per heavy atom. The molecule has 0 unspecified atom stereocenters. The topological polar surface area (TPSA) is 120 Å². The summed E-state index contributed by atoms with van der Waals surface area (Å²) >= 11 is 0. The third-order valence-corrected chi connectivity index (χ3v) is 4.17. The maximum atomic E-state index is 11.1. The van der Waals surface area contributed by atoms with Crippen LogP contribution in [0.15, 0.2) is 35.2 Å². The largest absolute Gasteiger partial charge is 0.460 e. The molecule has 2 aromatic heterocycles. The zero-order valence-corrected chi connectivity index (χ0v) is 13.1. The average molecular weight is 342 g/mol. The molecule has 0 amide bonds. The van der Waals surface area contributed by atoms with Gasteiger partial charge < -0.3 is 9.64 Å². The van der Waals surface area contributed by atoms with Gasteiger partial charge in [0.25, 0.3) is 0 Å². The number of rotatable bonds is 4. The highest BCUT2D eigenvalue weighted by atomic mass is 16.6. The Balaban J connectivity index is 1.50. The molecule has 10 nitrogen and oxygen atoms in total. The Morgan fingerprint density at radius 3 is 2.60 bits per heavy atom. The summed E-state index contributed by atoms with van der Waals surface area (Å²) in [5, 5.41) is 18.6. The smallest absolute Gasteiger partial charge is 0.316 e. The molecule has 0 radical (unpaired) electrons. The lowest BCUT2D eigenvalue weighted by Crippen LogP contribution is -2.38. The first-order valence-corrected chi connectivity index (χ1v) is 7.80. The molecule has 0 saturated carbocycles. The first kappa shape index (κ1) is 15.2. The van der Waals surface area contributed by atoms with Crippen molar-refractivity contribution in [3.8, 4) is 6.01 Å². The molecule has 0 atom stereocenters. The van der Waals surface area contributed by atoms with Crippen LogP contribution in [-0.4, -0.2) is 44.4 Å². The molecule has 0 N–H and O–H groups in total. The van der Waals surface area contributed by atoms with Gasteiger partial charge in [-0.15, -0.1) is 0 Å². The van der Waals surface area contributed by atoms with Gasteiger partial charge in [-0.3, -0.25) is 10.1 Å². The van der Waals surface area contributed by atoms with Crippen molar-refractivity contribution in [1.29, 1.82) is 0 Å². The van der Waals surface area contributed by atoms with E-state index in [1.807, 2.05) is 0 Å². The Kier molecular flexibility index (Phi) is 3.84. The summed E-state index contributed by atoms with van der Waals surface area (Å²) in [5.74, 6) is 0. The second-order valence-corrected chi connectivity index (χ2v) is 5.66. The number of anilines is 1. The van der Waals surface area contributed by atoms with Crippen molar-refractivity contribution in [3.05, 3.63) is 40.7 Å². The van der Waals surface area contributed by atoms with Crippen molar-refractivity contribution < 1.29 is 14.3 Å². The minimum Gasteiger partial charge on any atom is -0.460 e. The predicted molar refractivity (Wildman–Crippen MR) is 86.4 cm³/mol. The second kappa shape index (κ2) is 6.30. The minimum atomic E-state index is -0.490. The van der Waals surface area contributed by atoms with Crippen LogP contribution in [0.4, 0.5) is 11.4 Å². The third kappa shape index (κ3) is 2.93. The number of nitrogens with zero attached hydrogens (tertiary/aromatic N) is 6. The van der Waals surface area contributed by atoms with E-state index in [1.165, 1.54) is 6.07 Å². The van der Waals surface area contributed by atoms with Gasteiger partial charge in [-0.25, -0.2) is 14.6 Å². The monoisotopic (exact) mass is 342 g/mol. The molecular formula is C15H14N6O4. The highest BCUT2D eigenvalue weighted by molar-refractivity contribution is 5.93. The van der Waals surface area contributed by atoms with Gasteiger partial charge in [0.1, 0.15) is 6.10 Å². The fourth-order valence-electron chi connectivity index (χ4n) is 2.95. The zero-order chi connectivity index (χ0) is 17.2. The first-order chi connectivity index (χ1) is 12.2. The fraction of sp³-hybridized carbons (Fsp3) is 0.333. The number of nitro benzene ring substituents is 1. The predicted octanol–water partition coefficient (Wildman–Crippen LogP) is 1.97. The second-order valence-electron chi connectivity index (χ2n) is 5.66. The van der Waals surface area contributed by atoms with Crippen LogP contribution < -0.4 is 9.64 Å². The molecule has 0 bridgehead atoms. The lowest BCUT2D eigenvalue weighted by Gasteiger charge is -2.33. The molecule has 0 aliphatic carbocycles. The summed E-state index contributed by atoms with van der Waals surface area (Å²) in [6.07, 6.45) is 4.87. The van der Waals surface area contributed by atoms with Crippen molar-refractivity contribution in [2.75, 3.05) is 18.0 Å². The van der Waals surface area contributed by atoms with Crippen molar-refractivity contribution in [2.24, 2.45) is 0 Å². The van der Waals surface area contributed by atoms with Crippen LogP contribution in [0.3, 0.4) is 0 Å². The molecule has 1 saturated heterocycles. The standard InChI is InChI=1S/C15H14N6O4/c22-21(23)12-3-2-11(13-14(12)19-25-18-13)20-8-4-10(5-9-20)24-15-16-6-1-7-17-15/h1-3,6-7,10H,4-5,8-9H2. The van der Waals surface area contributed by atoms with E-state index in [4.69, 9.17) is 9.37 Å². The highest BCUT2D eigenvalue weighted by Gasteiger charge is 2.26. The highest BCUT2D eigenvalue weighted by Crippen LogP contribution is 2.32. The van der Waals surface area contributed by atoms with E-state index in [0.29, 0.717) is 11.5 Å². The van der Waals surface area contributed by atoms with Gasteiger partial charge in [0.2, 0.25) is 5.52 Å². The molecule has 25 heavy (non-hydrogen) atoms. The zero-order valence-electron chi connectivity index (χ0n) is 13.1. The molecule has 3 heterocycles. The minimum absolute atomic E-state index is 0.0302. The van der Waals surface area contributed by atoms with Gasteiger partial charge in [0.15, 0.2) is 5.52 Å². The van der Waals surface area contributed by atoms with Gasteiger partial charge in [0.05, 0.1) is 10.6 Å². The maximum absolute atomic E-state index is 11.1. The van der Waals surface area contributed by atoms with Crippen LogP contribution in [0, 0.1) is 10.1 Å². The Hall–Kier alpha value is -3.30. The van der Waals surface area contributed by atoms with E-state index in [1.54, 1.807) is 24.5 Å². The quantitative estimate of drug-likeness (QED) is 0.517. The van der Waals surface area contributed by atoms with Crippen LogP contribution in [0.2, 0.25) is 0 Å². The summed E-state index contributed by atoms with van der Waals surface area (Å²) in [7, 11) is 0. The number of benzene rings is 1. The maximum Gasteiger partial charge on any atom is 0.316 e. The summed E-state index contributed by atoms with van der Waals surface area (Å²) in [5.41, 5.74) is 1.23. The SMILES string of the molecule is O=[N+]([O-])c1ccc(N2CCC(Oc3ncccn3)CC2)c2nonc12. The Morgan fingerprint density at radius 1 is 1.16 bits per heavy atom. The van der Waals surface area contributed by atoms with Gasteiger partial charge in [-0.05, 0) is 22.4 Å². The molecule has 1 aliphatic rings. The number of non-ortho nitro benzene ring substituents is 1. The molecule has 128 valence electrons.